The van der Waals surface area contributed by atoms with Gasteiger partial charge in [-0.05, 0) is 33.6 Å². The lowest BCUT2D eigenvalue weighted by molar-refractivity contribution is -0.205. The Morgan fingerprint density at radius 2 is 1.88 bits per heavy atom. The first kappa shape index (κ1) is 16.0. The van der Waals surface area contributed by atoms with Crippen LogP contribution >= 0.6 is 0 Å². The number of nitrogens with one attached hydrogen (secondary N) is 1. The lowest BCUT2D eigenvalue weighted by Gasteiger charge is -2.20. The maximum atomic E-state index is 11.9. The van der Waals surface area contributed by atoms with Crippen molar-refractivity contribution in [1.82, 2.24) is 5.32 Å². The second-order valence-corrected chi connectivity index (χ2v) is 4.63. The Labute approximate surface area is 98.1 Å². The molecule has 0 saturated carbocycles. The third-order valence-electron chi connectivity index (χ3n) is 1.70. The molecule has 1 atom stereocenters. The predicted molar refractivity (Wildman–Crippen MR) is 55.5 cm³/mol. The molecule has 2 N–H and O–H groups in total. The van der Waals surface area contributed by atoms with E-state index < -0.39 is 30.4 Å². The van der Waals surface area contributed by atoms with Crippen LogP contribution < -0.4 is 5.32 Å². The number of alkyl carbamates (subject to hydrolysis) is 1. The van der Waals surface area contributed by atoms with Crippen LogP contribution in [-0.2, 0) is 4.74 Å². The Bertz CT molecular complexity index is 248. The third kappa shape index (κ3) is 8.79. The molecule has 7 heteroatoms. The summed E-state index contributed by atoms with van der Waals surface area (Å²) in [5.74, 6) is 0. The van der Waals surface area contributed by atoms with E-state index in [4.69, 9.17) is 9.84 Å². The van der Waals surface area contributed by atoms with Crippen molar-refractivity contribution in [3.05, 3.63) is 0 Å². The largest absolute Gasteiger partial charge is 0.444 e. The highest BCUT2D eigenvalue weighted by atomic mass is 19.4. The zero-order valence-corrected chi connectivity index (χ0v) is 10.1. The number of hydrogen-bond donors (Lipinski definition) is 2. The molecule has 102 valence electrons. The molecule has 17 heavy (non-hydrogen) atoms. The number of hydrogen-bond acceptors (Lipinski definition) is 3. The van der Waals surface area contributed by atoms with Crippen LogP contribution in [0.4, 0.5) is 18.0 Å². The van der Waals surface area contributed by atoms with Gasteiger partial charge in [0.05, 0.1) is 0 Å². The van der Waals surface area contributed by atoms with Crippen LogP contribution in [0.3, 0.4) is 0 Å². The van der Waals surface area contributed by atoms with Gasteiger partial charge in [-0.2, -0.15) is 13.2 Å². The number of aliphatic hydroxyl groups is 1. The molecule has 4 nitrogen and oxygen atoms in total. The van der Waals surface area contributed by atoms with Gasteiger partial charge in [0.15, 0.2) is 0 Å². The normalized spacial score (nSPS) is 14.3. The number of carbonyl (C=O) groups is 1. The lowest BCUT2D eigenvalue weighted by atomic mass is 10.2. The molecule has 0 aliphatic rings. The first-order chi connectivity index (χ1) is 7.52. The molecule has 0 saturated heterocycles. The van der Waals surface area contributed by atoms with Gasteiger partial charge in [-0.1, -0.05) is 0 Å². The van der Waals surface area contributed by atoms with E-state index in [9.17, 15) is 18.0 Å². The summed E-state index contributed by atoms with van der Waals surface area (Å²) in [5.41, 5.74) is -0.643. The molecule has 0 aliphatic carbocycles. The van der Waals surface area contributed by atoms with Gasteiger partial charge in [0, 0.05) is 6.54 Å². The lowest BCUT2D eigenvalue weighted by Crippen LogP contribution is -2.34. The second kappa shape index (κ2) is 6.09. The number of aliphatic hydroxyl groups excluding tert-OH is 1. The highest BCUT2D eigenvalue weighted by Crippen LogP contribution is 2.22. The zero-order chi connectivity index (χ0) is 13.7. The topological polar surface area (TPSA) is 58.6 Å². The third-order valence-corrected chi connectivity index (χ3v) is 1.70. The van der Waals surface area contributed by atoms with Gasteiger partial charge in [-0.3, -0.25) is 0 Å². The summed E-state index contributed by atoms with van der Waals surface area (Å²) >= 11 is 0. The van der Waals surface area contributed by atoms with Crippen molar-refractivity contribution < 1.29 is 27.8 Å². The van der Waals surface area contributed by atoms with E-state index in [-0.39, 0.29) is 13.0 Å². The molecule has 0 aliphatic heterocycles. The highest BCUT2D eigenvalue weighted by Gasteiger charge is 2.37. The fourth-order valence-corrected chi connectivity index (χ4v) is 0.964. The van der Waals surface area contributed by atoms with Gasteiger partial charge in [0.2, 0.25) is 0 Å². The van der Waals surface area contributed by atoms with Gasteiger partial charge < -0.3 is 15.2 Å². The zero-order valence-electron chi connectivity index (χ0n) is 10.1. The molecule has 0 heterocycles. The molecule has 0 aromatic rings. The number of amides is 1. The van der Waals surface area contributed by atoms with Crippen molar-refractivity contribution in [3.63, 3.8) is 0 Å². The molecule has 0 rings (SSSR count). The number of halogens is 3. The molecule has 0 spiro atoms. The van der Waals surface area contributed by atoms with Crippen molar-refractivity contribution in [3.8, 4) is 0 Å². The van der Waals surface area contributed by atoms with Crippen molar-refractivity contribution in [1.29, 1.82) is 0 Å². The van der Waals surface area contributed by atoms with E-state index in [0.29, 0.717) is 0 Å². The summed E-state index contributed by atoms with van der Waals surface area (Å²) < 4.78 is 40.6. The van der Waals surface area contributed by atoms with Gasteiger partial charge in [-0.15, -0.1) is 0 Å². The Balaban J connectivity index is 3.69. The number of rotatable bonds is 4. The van der Waals surface area contributed by atoms with Crippen LogP contribution in [-0.4, -0.2) is 35.6 Å². The minimum Gasteiger partial charge on any atom is -0.444 e. The van der Waals surface area contributed by atoms with E-state index in [2.05, 4.69) is 5.32 Å². The van der Waals surface area contributed by atoms with Crippen molar-refractivity contribution in [2.75, 3.05) is 6.54 Å². The summed E-state index contributed by atoms with van der Waals surface area (Å²) in [5, 5.41) is 11.0. The number of carbonyl (C=O) groups excluding carboxylic acids is 1. The van der Waals surface area contributed by atoms with Gasteiger partial charge in [-0.25, -0.2) is 4.79 Å². The monoisotopic (exact) mass is 257 g/mol. The Morgan fingerprint density at radius 3 is 2.29 bits per heavy atom. The Kier molecular flexibility index (Phi) is 5.74. The summed E-state index contributed by atoms with van der Waals surface area (Å²) in [7, 11) is 0. The molecular weight excluding hydrogens is 239 g/mol. The maximum Gasteiger partial charge on any atom is 0.414 e. The van der Waals surface area contributed by atoms with Crippen LogP contribution in [0.25, 0.3) is 0 Å². The summed E-state index contributed by atoms with van der Waals surface area (Å²) in [6.07, 6.45) is -8.05. The molecule has 1 amide bonds. The van der Waals surface area contributed by atoms with Crippen LogP contribution in [0.1, 0.15) is 33.6 Å². The molecular formula is C10H18F3NO3. The molecule has 0 aromatic heterocycles. The maximum absolute atomic E-state index is 11.9. The molecule has 0 radical (unpaired) electrons. The fourth-order valence-electron chi connectivity index (χ4n) is 0.964. The van der Waals surface area contributed by atoms with Crippen LogP contribution in [0, 0.1) is 0 Å². The average molecular weight is 257 g/mol. The van der Waals surface area contributed by atoms with E-state index in [1.54, 1.807) is 20.8 Å². The van der Waals surface area contributed by atoms with E-state index in [1.165, 1.54) is 0 Å². The van der Waals surface area contributed by atoms with E-state index in [1.807, 2.05) is 0 Å². The van der Waals surface area contributed by atoms with Crippen molar-refractivity contribution >= 4 is 6.09 Å². The van der Waals surface area contributed by atoms with Crippen LogP contribution in [0.5, 0.6) is 0 Å². The highest BCUT2D eigenvalue weighted by molar-refractivity contribution is 5.67. The molecule has 0 aromatic carbocycles. The quantitative estimate of drug-likeness (QED) is 0.759. The predicted octanol–water partition coefficient (Wildman–Crippen LogP) is 2.21. The smallest absolute Gasteiger partial charge is 0.414 e. The SMILES string of the molecule is CC(C)(C)OC(=O)NCCCC(O)C(F)(F)F. The van der Waals surface area contributed by atoms with Crippen molar-refractivity contribution in [2.45, 2.75) is 51.5 Å². The molecule has 1 unspecified atom stereocenters. The minimum absolute atomic E-state index is 0.0277. The summed E-state index contributed by atoms with van der Waals surface area (Å²) in [4.78, 5) is 11.1. The van der Waals surface area contributed by atoms with Crippen LogP contribution in [0.2, 0.25) is 0 Å². The standard InChI is InChI=1S/C10H18F3NO3/c1-9(2,3)17-8(16)14-6-4-5-7(15)10(11,12)13/h7,15H,4-6H2,1-3H3,(H,14,16). The van der Waals surface area contributed by atoms with E-state index in [0.717, 1.165) is 0 Å². The first-order valence-electron chi connectivity index (χ1n) is 5.24. The van der Waals surface area contributed by atoms with E-state index >= 15 is 0 Å². The fraction of sp³-hybridized carbons (Fsp3) is 0.900. The minimum atomic E-state index is -4.61. The average Bonchev–Trinajstić information content (AvgIpc) is 2.07. The Morgan fingerprint density at radius 1 is 1.35 bits per heavy atom. The summed E-state index contributed by atoms with van der Waals surface area (Å²) in [6, 6.07) is 0. The van der Waals surface area contributed by atoms with Gasteiger partial charge in [0.1, 0.15) is 11.7 Å². The number of ether oxygens (including phenoxy) is 1. The second-order valence-electron chi connectivity index (χ2n) is 4.63. The number of alkyl halides is 3. The molecule has 0 bridgehead atoms. The first-order valence-corrected chi connectivity index (χ1v) is 5.24. The van der Waals surface area contributed by atoms with Crippen LogP contribution in [0.15, 0.2) is 0 Å². The summed E-state index contributed by atoms with van der Waals surface area (Å²) in [6.45, 7) is 5.07. The van der Waals surface area contributed by atoms with Crippen molar-refractivity contribution in [2.24, 2.45) is 0 Å². The molecule has 0 fully saturated rings. The van der Waals surface area contributed by atoms with Gasteiger partial charge >= 0.3 is 12.3 Å². The Hall–Kier alpha value is -0.980. The van der Waals surface area contributed by atoms with Gasteiger partial charge in [0.25, 0.3) is 0 Å².